The van der Waals surface area contributed by atoms with Crippen molar-refractivity contribution in [3.05, 3.63) is 63.5 Å². The van der Waals surface area contributed by atoms with Gasteiger partial charge in [0.25, 0.3) is 0 Å². The number of hydrogen-bond donors (Lipinski definition) is 1. The van der Waals surface area contributed by atoms with Gasteiger partial charge in [-0.15, -0.1) is 0 Å². The third-order valence-corrected chi connectivity index (χ3v) is 6.65. The highest BCUT2D eigenvalue weighted by Crippen LogP contribution is 2.22. The molecule has 0 spiro atoms. The molecule has 144 valence electrons. The van der Waals surface area contributed by atoms with Crippen LogP contribution in [0.1, 0.15) is 25.3 Å². The molecule has 0 aliphatic rings. The lowest BCUT2D eigenvalue weighted by Gasteiger charge is -2.08. The van der Waals surface area contributed by atoms with Crippen molar-refractivity contribution in [2.75, 3.05) is 6.54 Å². The predicted octanol–water partition coefficient (Wildman–Crippen LogP) is 3.52. The van der Waals surface area contributed by atoms with Crippen LogP contribution in [-0.2, 0) is 23.0 Å². The number of fused-ring (bicyclic) bond motifs is 1. The summed E-state index contributed by atoms with van der Waals surface area (Å²) in [5.41, 5.74) is 1.72. The summed E-state index contributed by atoms with van der Waals surface area (Å²) in [5, 5.41) is 0. The maximum Gasteiger partial charge on any atom is 0.308 e. The van der Waals surface area contributed by atoms with Crippen LogP contribution in [0.15, 0.2) is 52.2 Å². The first kappa shape index (κ1) is 19.7. The standard InChI is InChI=1S/C19H21FN2O3S2/c1-2-12-22-17-10-9-16(13-18(17)26-19(22)23)27(24,25)21-11-3-4-14-5-7-15(20)8-6-14/h5-10,13,21H,2-4,11-12H2,1H3. The molecule has 1 aromatic heterocycles. The van der Waals surface area contributed by atoms with Crippen LogP contribution in [0.2, 0.25) is 0 Å². The van der Waals surface area contributed by atoms with Gasteiger partial charge in [-0.25, -0.2) is 17.5 Å². The van der Waals surface area contributed by atoms with Gasteiger partial charge in [0.15, 0.2) is 0 Å². The molecule has 2 aromatic carbocycles. The molecule has 5 nitrogen and oxygen atoms in total. The minimum atomic E-state index is -3.64. The fourth-order valence-electron chi connectivity index (χ4n) is 2.88. The SMILES string of the molecule is CCCn1c(=O)sc2cc(S(=O)(=O)NCCCc3ccc(F)cc3)ccc21. The Labute approximate surface area is 161 Å². The van der Waals surface area contributed by atoms with Crippen LogP contribution >= 0.6 is 11.3 Å². The van der Waals surface area contributed by atoms with Gasteiger partial charge in [0.1, 0.15) is 5.82 Å². The molecule has 27 heavy (non-hydrogen) atoms. The van der Waals surface area contributed by atoms with Gasteiger partial charge in [-0.3, -0.25) is 9.36 Å². The molecule has 8 heteroatoms. The van der Waals surface area contributed by atoms with Gasteiger partial charge in [0.05, 0.1) is 15.1 Å². The van der Waals surface area contributed by atoms with Crippen LogP contribution in [0.5, 0.6) is 0 Å². The summed E-state index contributed by atoms with van der Waals surface area (Å²) in [6, 6.07) is 11.0. The predicted molar refractivity (Wildman–Crippen MR) is 106 cm³/mol. The highest BCUT2D eigenvalue weighted by molar-refractivity contribution is 7.89. The minimum Gasteiger partial charge on any atom is -0.299 e. The van der Waals surface area contributed by atoms with Crippen LogP contribution in [0.25, 0.3) is 10.2 Å². The lowest BCUT2D eigenvalue weighted by atomic mass is 10.1. The van der Waals surface area contributed by atoms with E-state index >= 15 is 0 Å². The van der Waals surface area contributed by atoms with Gasteiger partial charge in [0.2, 0.25) is 10.0 Å². The lowest BCUT2D eigenvalue weighted by molar-refractivity contribution is 0.579. The largest absolute Gasteiger partial charge is 0.308 e. The molecule has 3 aromatic rings. The molecular formula is C19H21FN2O3S2. The van der Waals surface area contributed by atoms with E-state index in [1.165, 1.54) is 18.2 Å². The van der Waals surface area contributed by atoms with Crippen LogP contribution in [0, 0.1) is 5.82 Å². The van der Waals surface area contributed by atoms with Crippen molar-refractivity contribution in [3.63, 3.8) is 0 Å². The Balaban J connectivity index is 1.67. The zero-order valence-corrected chi connectivity index (χ0v) is 16.6. The lowest BCUT2D eigenvalue weighted by Crippen LogP contribution is -2.25. The monoisotopic (exact) mass is 408 g/mol. The average molecular weight is 409 g/mol. The number of halogens is 1. The van der Waals surface area contributed by atoms with E-state index in [0.717, 1.165) is 28.8 Å². The quantitative estimate of drug-likeness (QED) is 0.580. The molecular weight excluding hydrogens is 387 g/mol. The van der Waals surface area contributed by atoms with Gasteiger partial charge >= 0.3 is 4.87 Å². The second-order valence-corrected chi connectivity index (χ2v) is 9.04. The number of hydrogen-bond acceptors (Lipinski definition) is 4. The molecule has 0 aliphatic heterocycles. The first-order chi connectivity index (χ1) is 12.9. The molecule has 0 saturated heterocycles. The number of thiazole rings is 1. The zero-order valence-electron chi connectivity index (χ0n) is 14.9. The third-order valence-electron chi connectivity index (χ3n) is 4.24. The van der Waals surface area contributed by atoms with Crippen molar-refractivity contribution < 1.29 is 12.8 Å². The van der Waals surface area contributed by atoms with Gasteiger partial charge in [0, 0.05) is 13.1 Å². The Bertz CT molecular complexity index is 1090. The Kier molecular flexibility index (Phi) is 6.08. The van der Waals surface area contributed by atoms with Gasteiger partial charge < -0.3 is 0 Å². The summed E-state index contributed by atoms with van der Waals surface area (Å²) in [6.07, 6.45) is 2.10. The molecule has 0 aliphatic carbocycles. The van der Waals surface area contributed by atoms with Crippen molar-refractivity contribution in [2.24, 2.45) is 0 Å². The molecule has 0 atom stereocenters. The van der Waals surface area contributed by atoms with E-state index in [0.29, 0.717) is 24.1 Å². The zero-order chi connectivity index (χ0) is 19.4. The van der Waals surface area contributed by atoms with Crippen LogP contribution in [0.4, 0.5) is 4.39 Å². The van der Waals surface area contributed by atoms with E-state index < -0.39 is 10.0 Å². The molecule has 0 radical (unpaired) electrons. The normalized spacial score (nSPS) is 11.9. The Morgan fingerprint density at radius 3 is 2.59 bits per heavy atom. The van der Waals surface area contributed by atoms with Crippen LogP contribution in [0.3, 0.4) is 0 Å². The number of aryl methyl sites for hydroxylation is 2. The fourth-order valence-corrected chi connectivity index (χ4v) is 5.01. The minimum absolute atomic E-state index is 0.0753. The summed E-state index contributed by atoms with van der Waals surface area (Å²) in [7, 11) is -3.64. The van der Waals surface area contributed by atoms with Crippen molar-refractivity contribution in [1.29, 1.82) is 0 Å². The summed E-state index contributed by atoms with van der Waals surface area (Å²) in [5.74, 6) is -0.287. The smallest absolute Gasteiger partial charge is 0.299 e. The van der Waals surface area contributed by atoms with Crippen LogP contribution in [-0.4, -0.2) is 19.5 Å². The van der Waals surface area contributed by atoms with E-state index in [9.17, 15) is 17.6 Å². The van der Waals surface area contributed by atoms with Gasteiger partial charge in [-0.2, -0.15) is 0 Å². The summed E-state index contributed by atoms with van der Waals surface area (Å²) < 4.78 is 42.8. The Hall–Kier alpha value is -2.03. The van der Waals surface area contributed by atoms with E-state index in [2.05, 4.69) is 4.72 Å². The molecule has 0 saturated carbocycles. The van der Waals surface area contributed by atoms with Gasteiger partial charge in [-0.1, -0.05) is 30.4 Å². The van der Waals surface area contributed by atoms with Crippen molar-refractivity contribution in [3.8, 4) is 0 Å². The van der Waals surface area contributed by atoms with E-state index in [4.69, 9.17) is 0 Å². The number of benzene rings is 2. The van der Waals surface area contributed by atoms with Crippen molar-refractivity contribution in [1.82, 2.24) is 9.29 Å². The number of rotatable bonds is 8. The van der Waals surface area contributed by atoms with Crippen molar-refractivity contribution >= 4 is 31.6 Å². The molecule has 1 heterocycles. The van der Waals surface area contributed by atoms with E-state index in [1.807, 2.05) is 6.92 Å². The average Bonchev–Trinajstić information content (AvgIpc) is 2.95. The highest BCUT2D eigenvalue weighted by atomic mass is 32.2. The summed E-state index contributed by atoms with van der Waals surface area (Å²) in [6.45, 7) is 2.89. The second-order valence-electron chi connectivity index (χ2n) is 6.28. The van der Waals surface area contributed by atoms with Gasteiger partial charge in [-0.05, 0) is 55.2 Å². The first-order valence-electron chi connectivity index (χ1n) is 8.78. The molecule has 0 bridgehead atoms. The first-order valence-corrected chi connectivity index (χ1v) is 11.1. The summed E-state index contributed by atoms with van der Waals surface area (Å²) in [4.78, 5) is 12.1. The topological polar surface area (TPSA) is 68.2 Å². The second kappa shape index (κ2) is 8.33. The number of nitrogens with one attached hydrogen (secondary N) is 1. The number of aromatic nitrogens is 1. The molecule has 3 rings (SSSR count). The summed E-state index contributed by atoms with van der Waals surface area (Å²) >= 11 is 1.06. The molecule has 1 N–H and O–H groups in total. The fraction of sp³-hybridized carbons (Fsp3) is 0.316. The van der Waals surface area contributed by atoms with Crippen LogP contribution < -0.4 is 9.60 Å². The van der Waals surface area contributed by atoms with E-state index in [1.54, 1.807) is 28.8 Å². The highest BCUT2D eigenvalue weighted by Gasteiger charge is 2.16. The molecule has 0 unspecified atom stereocenters. The number of nitrogens with zero attached hydrogens (tertiary/aromatic N) is 1. The number of sulfonamides is 1. The van der Waals surface area contributed by atoms with Crippen molar-refractivity contribution in [2.45, 2.75) is 37.6 Å². The molecule has 0 fully saturated rings. The maximum atomic E-state index is 12.9. The molecule has 0 amide bonds. The Morgan fingerprint density at radius 2 is 1.89 bits per heavy atom. The maximum absolute atomic E-state index is 12.9. The third kappa shape index (κ3) is 4.63. The Morgan fingerprint density at radius 1 is 1.15 bits per heavy atom. The van der Waals surface area contributed by atoms with E-state index in [-0.39, 0.29) is 22.1 Å².